The molecule has 2 atom stereocenters. The Kier molecular flexibility index (Phi) is 4.11. The van der Waals surface area contributed by atoms with E-state index >= 15 is 0 Å². The Hall–Kier alpha value is -1.13. The lowest BCUT2D eigenvalue weighted by Crippen LogP contribution is -2.55. The van der Waals surface area contributed by atoms with Gasteiger partial charge >= 0.3 is 0 Å². The predicted molar refractivity (Wildman–Crippen MR) is 77.7 cm³/mol. The van der Waals surface area contributed by atoms with E-state index in [1.807, 2.05) is 19.9 Å². The van der Waals surface area contributed by atoms with E-state index in [2.05, 4.69) is 35.7 Å². The van der Waals surface area contributed by atoms with Gasteiger partial charge in [-0.3, -0.25) is 14.6 Å². The quantitative estimate of drug-likeness (QED) is 0.846. The first-order valence-electron chi connectivity index (χ1n) is 7.02. The Bertz CT molecular complexity index is 454. The van der Waals surface area contributed by atoms with Crippen molar-refractivity contribution in [2.24, 2.45) is 0 Å². The fraction of sp³-hybridized carbons (Fsp3) is 0.667. The van der Waals surface area contributed by atoms with Crippen molar-refractivity contribution in [2.45, 2.75) is 39.8 Å². The van der Waals surface area contributed by atoms with Crippen LogP contribution in [0.4, 0.5) is 0 Å². The van der Waals surface area contributed by atoms with Crippen LogP contribution in [-0.2, 0) is 0 Å². The third-order valence-electron chi connectivity index (χ3n) is 4.25. The number of aryl methyl sites for hydroxylation is 2. The van der Waals surface area contributed by atoms with Crippen molar-refractivity contribution in [1.82, 2.24) is 14.8 Å². The molecule has 0 bridgehead atoms. The number of piperazine rings is 1. The lowest BCUT2D eigenvalue weighted by atomic mass is 10.1. The van der Waals surface area contributed by atoms with Gasteiger partial charge in [0.15, 0.2) is 5.78 Å². The Labute approximate surface area is 115 Å². The number of aromatic nitrogens is 1. The number of carbonyl (C=O) groups is 1. The van der Waals surface area contributed by atoms with Gasteiger partial charge in [0.2, 0.25) is 0 Å². The maximum absolute atomic E-state index is 12.4. The van der Waals surface area contributed by atoms with Gasteiger partial charge in [0.1, 0.15) is 0 Å². The highest BCUT2D eigenvalue weighted by atomic mass is 16.1. The van der Waals surface area contributed by atoms with Crippen LogP contribution in [0.5, 0.6) is 0 Å². The summed E-state index contributed by atoms with van der Waals surface area (Å²) in [7, 11) is 2.16. The van der Waals surface area contributed by atoms with Gasteiger partial charge in [0.05, 0.1) is 6.54 Å². The summed E-state index contributed by atoms with van der Waals surface area (Å²) in [6, 6.07) is 2.97. The number of hydrogen-bond donors (Lipinski definition) is 1. The largest absolute Gasteiger partial charge is 0.362 e. The first-order chi connectivity index (χ1) is 8.88. The second-order valence-electron chi connectivity index (χ2n) is 5.97. The highest BCUT2D eigenvalue weighted by Gasteiger charge is 2.28. The maximum Gasteiger partial charge on any atom is 0.178 e. The van der Waals surface area contributed by atoms with Crippen LogP contribution in [0, 0.1) is 13.8 Å². The van der Waals surface area contributed by atoms with Gasteiger partial charge in [-0.15, -0.1) is 0 Å². The lowest BCUT2D eigenvalue weighted by Gasteiger charge is -2.42. The number of nitrogens with one attached hydrogen (secondary N) is 1. The van der Waals surface area contributed by atoms with Crippen LogP contribution in [0.15, 0.2) is 6.07 Å². The van der Waals surface area contributed by atoms with E-state index < -0.39 is 0 Å². The fourth-order valence-electron chi connectivity index (χ4n) is 2.94. The molecule has 1 fully saturated rings. The first kappa shape index (κ1) is 14.3. The van der Waals surface area contributed by atoms with Gasteiger partial charge in [0.25, 0.3) is 0 Å². The normalized spacial score (nSPS) is 25.7. The zero-order valence-electron chi connectivity index (χ0n) is 12.7. The molecule has 1 aromatic heterocycles. The van der Waals surface area contributed by atoms with E-state index in [1.54, 1.807) is 0 Å². The molecule has 4 heteroatoms. The zero-order valence-corrected chi connectivity index (χ0v) is 12.7. The molecule has 1 N–H and O–H groups in total. The minimum atomic E-state index is 0.228. The summed E-state index contributed by atoms with van der Waals surface area (Å²) in [5.74, 6) is 0.228. The second kappa shape index (κ2) is 5.47. The third kappa shape index (κ3) is 3.07. The topological polar surface area (TPSA) is 39.3 Å². The Morgan fingerprint density at radius 1 is 1.32 bits per heavy atom. The number of nitrogens with zero attached hydrogens (tertiary/aromatic N) is 2. The lowest BCUT2D eigenvalue weighted by molar-refractivity contribution is 0.0549. The molecule has 1 aliphatic heterocycles. The number of hydrogen-bond acceptors (Lipinski definition) is 3. The van der Waals surface area contributed by atoms with E-state index in [4.69, 9.17) is 0 Å². The molecule has 0 radical (unpaired) electrons. The van der Waals surface area contributed by atoms with Crippen molar-refractivity contribution in [1.29, 1.82) is 0 Å². The van der Waals surface area contributed by atoms with Crippen LogP contribution in [0.2, 0.25) is 0 Å². The number of Topliss-reactive ketones (excluding diaryl/α,β-unsaturated/α-hetero) is 1. The highest BCUT2D eigenvalue weighted by Crippen LogP contribution is 2.15. The molecule has 1 saturated heterocycles. The van der Waals surface area contributed by atoms with Crippen LogP contribution in [0.3, 0.4) is 0 Å². The van der Waals surface area contributed by atoms with Gasteiger partial charge in [-0.05, 0) is 40.8 Å². The summed E-state index contributed by atoms with van der Waals surface area (Å²) < 4.78 is 0. The van der Waals surface area contributed by atoms with Gasteiger partial charge in [-0.25, -0.2) is 0 Å². The molecular formula is C15H25N3O. The summed E-state index contributed by atoms with van der Waals surface area (Å²) in [5, 5.41) is 0. The van der Waals surface area contributed by atoms with Crippen LogP contribution < -0.4 is 0 Å². The maximum atomic E-state index is 12.4. The van der Waals surface area contributed by atoms with E-state index in [0.29, 0.717) is 18.6 Å². The van der Waals surface area contributed by atoms with E-state index in [9.17, 15) is 4.79 Å². The van der Waals surface area contributed by atoms with Gasteiger partial charge in [-0.1, -0.05) is 0 Å². The highest BCUT2D eigenvalue weighted by molar-refractivity contribution is 5.98. The SMILES string of the molecule is Cc1cc(C(=O)CN2CC(C)N(C)C(C)C2)c(C)[nH]1. The molecule has 106 valence electrons. The molecule has 0 spiro atoms. The molecule has 2 unspecified atom stereocenters. The summed E-state index contributed by atoms with van der Waals surface area (Å²) in [6.07, 6.45) is 0. The van der Waals surface area contributed by atoms with Gasteiger partial charge in [0, 0.05) is 42.1 Å². The van der Waals surface area contributed by atoms with Crippen molar-refractivity contribution < 1.29 is 4.79 Å². The van der Waals surface area contributed by atoms with Crippen LogP contribution in [-0.4, -0.2) is 59.3 Å². The Morgan fingerprint density at radius 3 is 2.37 bits per heavy atom. The van der Waals surface area contributed by atoms with E-state index in [0.717, 1.165) is 30.0 Å². The fourth-order valence-corrected chi connectivity index (χ4v) is 2.94. The van der Waals surface area contributed by atoms with Crippen molar-refractivity contribution in [3.05, 3.63) is 23.0 Å². The molecule has 2 heterocycles. The van der Waals surface area contributed by atoms with Crippen LogP contribution >= 0.6 is 0 Å². The Morgan fingerprint density at radius 2 is 1.89 bits per heavy atom. The number of likely N-dealkylation sites (N-methyl/N-ethyl adjacent to an activating group) is 1. The van der Waals surface area contributed by atoms with E-state index in [1.165, 1.54) is 0 Å². The van der Waals surface area contributed by atoms with E-state index in [-0.39, 0.29) is 5.78 Å². The van der Waals surface area contributed by atoms with Crippen molar-refractivity contribution in [3.63, 3.8) is 0 Å². The summed E-state index contributed by atoms with van der Waals surface area (Å²) >= 11 is 0. The number of rotatable bonds is 3. The minimum absolute atomic E-state index is 0.228. The minimum Gasteiger partial charge on any atom is -0.362 e. The second-order valence-corrected chi connectivity index (χ2v) is 5.97. The smallest absolute Gasteiger partial charge is 0.178 e. The summed E-state index contributed by atoms with van der Waals surface area (Å²) in [5.41, 5.74) is 2.88. The summed E-state index contributed by atoms with van der Waals surface area (Å²) in [4.78, 5) is 20.2. The number of carbonyl (C=O) groups excluding carboxylic acids is 1. The zero-order chi connectivity index (χ0) is 14.2. The standard InChI is InChI=1S/C15H25N3O/c1-10-6-14(13(4)16-10)15(19)9-18-7-11(2)17(5)12(3)8-18/h6,11-12,16H,7-9H2,1-5H3. The first-order valence-corrected chi connectivity index (χ1v) is 7.02. The molecule has 0 aromatic carbocycles. The monoisotopic (exact) mass is 263 g/mol. The van der Waals surface area contributed by atoms with Crippen LogP contribution in [0.1, 0.15) is 35.6 Å². The summed E-state index contributed by atoms with van der Waals surface area (Å²) in [6.45, 7) is 10.9. The molecule has 4 nitrogen and oxygen atoms in total. The number of ketones is 1. The number of aromatic amines is 1. The molecule has 2 rings (SSSR count). The van der Waals surface area contributed by atoms with Gasteiger partial charge in [-0.2, -0.15) is 0 Å². The van der Waals surface area contributed by atoms with Crippen molar-refractivity contribution in [2.75, 3.05) is 26.7 Å². The van der Waals surface area contributed by atoms with Crippen LogP contribution in [0.25, 0.3) is 0 Å². The molecule has 1 aliphatic rings. The molecule has 1 aromatic rings. The van der Waals surface area contributed by atoms with Crippen molar-refractivity contribution in [3.8, 4) is 0 Å². The molecule has 0 aliphatic carbocycles. The molecular weight excluding hydrogens is 238 g/mol. The molecule has 19 heavy (non-hydrogen) atoms. The molecule has 0 saturated carbocycles. The average Bonchev–Trinajstić information content (AvgIpc) is 2.65. The number of H-pyrrole nitrogens is 1. The van der Waals surface area contributed by atoms with Crippen molar-refractivity contribution >= 4 is 5.78 Å². The average molecular weight is 263 g/mol. The predicted octanol–water partition coefficient (Wildman–Crippen LogP) is 1.84. The van der Waals surface area contributed by atoms with Gasteiger partial charge < -0.3 is 4.98 Å². The Balaban J connectivity index is 2.02. The molecule has 0 amide bonds. The third-order valence-corrected chi connectivity index (χ3v) is 4.25.